The Morgan fingerprint density at radius 1 is 1.00 bits per heavy atom. The number of benzene rings is 3. The van der Waals surface area contributed by atoms with Crippen LogP contribution in [0.5, 0.6) is 5.75 Å². The highest BCUT2D eigenvalue weighted by Gasteiger charge is 2.33. The van der Waals surface area contributed by atoms with Crippen LogP contribution in [0.25, 0.3) is 6.08 Å². The summed E-state index contributed by atoms with van der Waals surface area (Å²) in [4.78, 5) is 26.3. The zero-order valence-corrected chi connectivity index (χ0v) is 17.9. The average molecular weight is 481 g/mol. The Kier molecular flexibility index (Phi) is 6.13. The molecule has 0 aromatic heterocycles. The fourth-order valence-corrected chi connectivity index (χ4v) is 3.55. The third kappa shape index (κ3) is 4.83. The first kappa shape index (κ1) is 20.8. The molecule has 3 aromatic carbocycles. The molecule has 1 aliphatic rings. The van der Waals surface area contributed by atoms with E-state index >= 15 is 0 Å². The molecular weight excluding hydrogens is 463 g/mol. The smallest absolute Gasteiger partial charge is 0.329 e. The lowest BCUT2D eigenvalue weighted by atomic mass is 10.1. The number of carbonyl (C=O) groups is 2. The quantitative estimate of drug-likeness (QED) is 0.386. The van der Waals surface area contributed by atoms with Gasteiger partial charge < -0.3 is 10.1 Å². The summed E-state index contributed by atoms with van der Waals surface area (Å²) in [6, 6.07) is 20.4. The highest BCUT2D eigenvalue weighted by molar-refractivity contribution is 9.10. The summed E-state index contributed by atoms with van der Waals surface area (Å²) in [6.07, 6.45) is 1.56. The number of nitrogens with zero attached hydrogens (tertiary/aromatic N) is 1. The molecular formula is C24H18BrFN2O3. The fraction of sp³-hybridized carbons (Fsp3) is 0.0833. The fourth-order valence-electron chi connectivity index (χ4n) is 3.17. The topological polar surface area (TPSA) is 58.6 Å². The van der Waals surface area contributed by atoms with Gasteiger partial charge in [-0.25, -0.2) is 9.18 Å². The van der Waals surface area contributed by atoms with Crippen LogP contribution in [0.2, 0.25) is 0 Å². The Balaban J connectivity index is 1.56. The maximum atomic E-state index is 13.9. The molecule has 7 heteroatoms. The standard InChI is InChI=1S/C24H18BrFN2O3/c25-19-10-11-22(31-15-17-8-4-5-9-20(17)26)18(12-19)13-21-23(29)28(24(30)27-21)14-16-6-2-1-3-7-16/h1-13H,14-15H2,(H,27,30)/b21-13-. The predicted octanol–water partition coefficient (Wildman–Crippen LogP) is 5.26. The lowest BCUT2D eigenvalue weighted by Gasteiger charge is -2.12. The Hall–Kier alpha value is -3.45. The van der Waals surface area contributed by atoms with Crippen LogP contribution in [0, 0.1) is 5.82 Å². The monoisotopic (exact) mass is 480 g/mol. The van der Waals surface area contributed by atoms with Crippen molar-refractivity contribution in [1.82, 2.24) is 10.2 Å². The minimum atomic E-state index is -0.482. The molecule has 3 aromatic rings. The summed E-state index contributed by atoms with van der Waals surface area (Å²) < 4.78 is 20.5. The summed E-state index contributed by atoms with van der Waals surface area (Å²) in [5.74, 6) is -0.314. The van der Waals surface area contributed by atoms with E-state index < -0.39 is 11.9 Å². The number of amides is 3. The van der Waals surface area contributed by atoms with Crippen molar-refractivity contribution in [2.75, 3.05) is 0 Å². The first-order valence-corrected chi connectivity index (χ1v) is 10.3. The maximum Gasteiger partial charge on any atom is 0.329 e. The first-order chi connectivity index (χ1) is 15.0. The lowest BCUT2D eigenvalue weighted by molar-refractivity contribution is -0.123. The lowest BCUT2D eigenvalue weighted by Crippen LogP contribution is -2.30. The normalized spacial score (nSPS) is 14.8. The molecule has 31 heavy (non-hydrogen) atoms. The summed E-state index contributed by atoms with van der Waals surface area (Å²) in [5.41, 5.74) is 2.00. The van der Waals surface area contributed by atoms with Gasteiger partial charge in [-0.3, -0.25) is 9.69 Å². The molecule has 1 aliphatic heterocycles. The van der Waals surface area contributed by atoms with E-state index in [2.05, 4.69) is 21.2 Å². The van der Waals surface area contributed by atoms with Gasteiger partial charge in [-0.2, -0.15) is 0 Å². The number of hydrogen-bond donors (Lipinski definition) is 1. The molecule has 3 amide bonds. The summed E-state index contributed by atoms with van der Waals surface area (Å²) in [6.45, 7) is 0.211. The first-order valence-electron chi connectivity index (χ1n) is 9.55. The van der Waals surface area contributed by atoms with Gasteiger partial charge >= 0.3 is 6.03 Å². The summed E-state index contributed by atoms with van der Waals surface area (Å²) >= 11 is 3.41. The Morgan fingerprint density at radius 2 is 1.74 bits per heavy atom. The van der Waals surface area contributed by atoms with E-state index in [0.717, 1.165) is 14.9 Å². The van der Waals surface area contributed by atoms with Gasteiger partial charge in [0, 0.05) is 15.6 Å². The van der Waals surface area contributed by atoms with Crippen LogP contribution >= 0.6 is 15.9 Å². The van der Waals surface area contributed by atoms with Gasteiger partial charge in [0.1, 0.15) is 23.9 Å². The van der Waals surface area contributed by atoms with Crippen LogP contribution in [-0.4, -0.2) is 16.8 Å². The van der Waals surface area contributed by atoms with Crippen LogP contribution < -0.4 is 10.1 Å². The average Bonchev–Trinajstić information content (AvgIpc) is 3.02. The van der Waals surface area contributed by atoms with E-state index in [-0.39, 0.29) is 24.7 Å². The van der Waals surface area contributed by atoms with Crippen molar-refractivity contribution >= 4 is 33.9 Å². The van der Waals surface area contributed by atoms with E-state index in [9.17, 15) is 14.0 Å². The van der Waals surface area contributed by atoms with Crippen LogP contribution in [0.15, 0.2) is 83.0 Å². The van der Waals surface area contributed by atoms with Gasteiger partial charge in [0.05, 0.1) is 6.54 Å². The Bertz CT molecular complexity index is 1160. The number of imide groups is 1. The van der Waals surface area contributed by atoms with Gasteiger partial charge in [0.25, 0.3) is 5.91 Å². The molecule has 4 rings (SSSR count). The van der Waals surface area contributed by atoms with E-state index in [1.807, 2.05) is 30.3 Å². The Labute approximate surface area is 187 Å². The van der Waals surface area contributed by atoms with Gasteiger partial charge in [0.15, 0.2) is 0 Å². The van der Waals surface area contributed by atoms with Crippen LogP contribution in [0.3, 0.4) is 0 Å². The summed E-state index contributed by atoms with van der Waals surface area (Å²) in [7, 11) is 0. The predicted molar refractivity (Wildman–Crippen MR) is 118 cm³/mol. The van der Waals surface area contributed by atoms with Crippen molar-refractivity contribution in [2.24, 2.45) is 0 Å². The second-order valence-electron chi connectivity index (χ2n) is 6.93. The number of halogens is 2. The molecule has 5 nitrogen and oxygen atoms in total. The molecule has 1 N–H and O–H groups in total. The highest BCUT2D eigenvalue weighted by atomic mass is 79.9. The molecule has 1 saturated heterocycles. The number of carbonyl (C=O) groups excluding carboxylic acids is 2. The molecule has 0 unspecified atom stereocenters. The number of rotatable bonds is 6. The number of hydrogen-bond acceptors (Lipinski definition) is 3. The van der Waals surface area contributed by atoms with Gasteiger partial charge in [0.2, 0.25) is 0 Å². The van der Waals surface area contributed by atoms with Crippen LogP contribution in [-0.2, 0) is 17.9 Å². The molecule has 0 spiro atoms. The molecule has 1 fully saturated rings. The minimum absolute atomic E-state index is 0.0327. The molecule has 0 saturated carbocycles. The summed E-state index contributed by atoms with van der Waals surface area (Å²) in [5, 5.41) is 2.62. The molecule has 0 bridgehead atoms. The molecule has 0 atom stereocenters. The molecule has 156 valence electrons. The zero-order chi connectivity index (χ0) is 21.8. The van der Waals surface area contributed by atoms with E-state index in [1.165, 1.54) is 6.07 Å². The number of nitrogens with one attached hydrogen (secondary N) is 1. The van der Waals surface area contributed by atoms with Crippen LogP contribution in [0.1, 0.15) is 16.7 Å². The van der Waals surface area contributed by atoms with Crippen molar-refractivity contribution in [1.29, 1.82) is 0 Å². The van der Waals surface area contributed by atoms with Crippen molar-refractivity contribution in [3.63, 3.8) is 0 Å². The van der Waals surface area contributed by atoms with Crippen molar-refractivity contribution in [3.8, 4) is 5.75 Å². The van der Waals surface area contributed by atoms with Gasteiger partial charge in [-0.15, -0.1) is 0 Å². The molecule has 0 aliphatic carbocycles. The third-order valence-electron chi connectivity index (χ3n) is 4.76. The largest absolute Gasteiger partial charge is 0.488 e. The van der Waals surface area contributed by atoms with Gasteiger partial charge in [-0.1, -0.05) is 64.5 Å². The zero-order valence-electron chi connectivity index (χ0n) is 16.3. The second-order valence-corrected chi connectivity index (χ2v) is 7.84. The van der Waals surface area contributed by atoms with Crippen LogP contribution in [0.4, 0.5) is 9.18 Å². The highest BCUT2D eigenvalue weighted by Crippen LogP contribution is 2.28. The third-order valence-corrected chi connectivity index (χ3v) is 5.25. The van der Waals surface area contributed by atoms with Gasteiger partial charge in [-0.05, 0) is 35.9 Å². The minimum Gasteiger partial charge on any atom is -0.488 e. The second kappa shape index (κ2) is 9.14. The maximum absolute atomic E-state index is 13.9. The van der Waals surface area contributed by atoms with Crippen molar-refractivity contribution < 1.29 is 18.7 Å². The molecule has 0 radical (unpaired) electrons. The van der Waals surface area contributed by atoms with E-state index in [1.54, 1.807) is 42.5 Å². The Morgan fingerprint density at radius 3 is 2.52 bits per heavy atom. The molecule has 1 heterocycles. The number of ether oxygens (including phenoxy) is 1. The van der Waals surface area contributed by atoms with E-state index in [4.69, 9.17) is 4.74 Å². The van der Waals surface area contributed by atoms with Crippen molar-refractivity contribution in [3.05, 3.63) is 105 Å². The number of urea groups is 1. The SMILES string of the molecule is O=C1N/C(=C\c2cc(Br)ccc2OCc2ccccc2F)C(=O)N1Cc1ccccc1. The van der Waals surface area contributed by atoms with Crippen molar-refractivity contribution in [2.45, 2.75) is 13.2 Å². The van der Waals surface area contributed by atoms with E-state index in [0.29, 0.717) is 16.9 Å².